The van der Waals surface area contributed by atoms with E-state index >= 15 is 0 Å². The molecule has 2 saturated heterocycles. The standard InChI is InChI=1S/C17H26N2O/c1-14-11-19(12-15-7-9-18-10-8-15)17(13-20-14)16-5-3-2-4-6-16/h2-6,14-15,17-18H,7-13H2,1H3. The monoisotopic (exact) mass is 274 g/mol. The molecule has 110 valence electrons. The highest BCUT2D eigenvalue weighted by Crippen LogP contribution is 2.28. The molecule has 3 heteroatoms. The van der Waals surface area contributed by atoms with Crippen LogP contribution in [0.15, 0.2) is 30.3 Å². The van der Waals surface area contributed by atoms with Crippen LogP contribution in [0, 0.1) is 5.92 Å². The van der Waals surface area contributed by atoms with Crippen LogP contribution in [0.25, 0.3) is 0 Å². The van der Waals surface area contributed by atoms with Crippen LogP contribution in [0.4, 0.5) is 0 Å². The molecular formula is C17H26N2O. The van der Waals surface area contributed by atoms with Crippen LogP contribution < -0.4 is 5.32 Å². The average molecular weight is 274 g/mol. The molecule has 2 unspecified atom stereocenters. The van der Waals surface area contributed by atoms with E-state index in [1.54, 1.807) is 0 Å². The maximum absolute atomic E-state index is 5.91. The van der Waals surface area contributed by atoms with Crippen LogP contribution >= 0.6 is 0 Å². The van der Waals surface area contributed by atoms with Crippen LogP contribution in [0.2, 0.25) is 0 Å². The summed E-state index contributed by atoms with van der Waals surface area (Å²) >= 11 is 0. The summed E-state index contributed by atoms with van der Waals surface area (Å²) in [6, 6.07) is 11.3. The van der Waals surface area contributed by atoms with Crippen molar-refractivity contribution in [2.75, 3.05) is 32.8 Å². The van der Waals surface area contributed by atoms with E-state index in [1.807, 2.05) is 0 Å². The highest BCUT2D eigenvalue weighted by atomic mass is 16.5. The third-order valence-electron chi connectivity index (χ3n) is 4.61. The molecule has 0 radical (unpaired) electrons. The number of ether oxygens (including phenoxy) is 1. The van der Waals surface area contributed by atoms with E-state index in [-0.39, 0.29) is 0 Å². The van der Waals surface area contributed by atoms with E-state index in [0.717, 1.165) is 19.1 Å². The first-order valence-corrected chi connectivity index (χ1v) is 7.94. The molecule has 0 spiro atoms. The molecule has 0 saturated carbocycles. The number of morpholine rings is 1. The molecule has 0 amide bonds. The lowest BCUT2D eigenvalue weighted by Gasteiger charge is -2.41. The van der Waals surface area contributed by atoms with Gasteiger partial charge in [0.1, 0.15) is 0 Å². The summed E-state index contributed by atoms with van der Waals surface area (Å²) in [5.74, 6) is 0.841. The Balaban J connectivity index is 1.69. The summed E-state index contributed by atoms with van der Waals surface area (Å²) in [5.41, 5.74) is 1.40. The minimum atomic E-state index is 0.358. The second-order valence-electron chi connectivity index (χ2n) is 6.22. The highest BCUT2D eigenvalue weighted by Gasteiger charge is 2.30. The number of nitrogens with zero attached hydrogens (tertiary/aromatic N) is 1. The Labute approximate surface area is 122 Å². The van der Waals surface area contributed by atoms with Gasteiger partial charge in [-0.3, -0.25) is 4.90 Å². The van der Waals surface area contributed by atoms with Crippen molar-refractivity contribution in [1.29, 1.82) is 0 Å². The van der Waals surface area contributed by atoms with E-state index < -0.39 is 0 Å². The van der Waals surface area contributed by atoms with E-state index in [1.165, 1.54) is 38.0 Å². The fraction of sp³-hybridized carbons (Fsp3) is 0.647. The first-order chi connectivity index (χ1) is 9.83. The molecule has 1 N–H and O–H groups in total. The molecule has 2 fully saturated rings. The van der Waals surface area contributed by atoms with E-state index in [4.69, 9.17) is 4.74 Å². The lowest BCUT2D eigenvalue weighted by atomic mass is 9.95. The first-order valence-electron chi connectivity index (χ1n) is 7.94. The smallest absolute Gasteiger partial charge is 0.0675 e. The lowest BCUT2D eigenvalue weighted by Crippen LogP contribution is -2.46. The maximum Gasteiger partial charge on any atom is 0.0675 e. The second kappa shape index (κ2) is 6.70. The summed E-state index contributed by atoms with van der Waals surface area (Å²) in [4.78, 5) is 2.65. The molecule has 0 bridgehead atoms. The van der Waals surface area contributed by atoms with Gasteiger partial charge in [0.25, 0.3) is 0 Å². The fourth-order valence-electron chi connectivity index (χ4n) is 3.45. The van der Waals surface area contributed by atoms with Gasteiger partial charge in [-0.2, -0.15) is 0 Å². The van der Waals surface area contributed by atoms with Gasteiger partial charge in [0.2, 0.25) is 0 Å². The molecule has 0 aromatic heterocycles. The summed E-state index contributed by atoms with van der Waals surface area (Å²) in [6.07, 6.45) is 2.98. The Bertz CT molecular complexity index is 403. The molecular weight excluding hydrogens is 248 g/mol. The van der Waals surface area contributed by atoms with Crippen molar-refractivity contribution in [3.05, 3.63) is 35.9 Å². The van der Waals surface area contributed by atoms with Gasteiger partial charge in [0, 0.05) is 13.1 Å². The summed E-state index contributed by atoms with van der Waals surface area (Å²) in [7, 11) is 0. The van der Waals surface area contributed by atoms with Crippen molar-refractivity contribution < 1.29 is 4.74 Å². The van der Waals surface area contributed by atoms with Gasteiger partial charge in [-0.25, -0.2) is 0 Å². The lowest BCUT2D eigenvalue weighted by molar-refractivity contribution is -0.0623. The van der Waals surface area contributed by atoms with Gasteiger partial charge >= 0.3 is 0 Å². The predicted molar refractivity (Wildman–Crippen MR) is 81.8 cm³/mol. The third kappa shape index (κ3) is 3.40. The van der Waals surface area contributed by atoms with Crippen molar-refractivity contribution in [3.63, 3.8) is 0 Å². The number of rotatable bonds is 3. The summed E-state index contributed by atoms with van der Waals surface area (Å²) in [5, 5.41) is 3.46. The molecule has 20 heavy (non-hydrogen) atoms. The second-order valence-corrected chi connectivity index (χ2v) is 6.22. The number of hydrogen-bond donors (Lipinski definition) is 1. The fourth-order valence-corrected chi connectivity index (χ4v) is 3.45. The quantitative estimate of drug-likeness (QED) is 0.916. The molecule has 2 aliphatic rings. The minimum absolute atomic E-state index is 0.358. The van der Waals surface area contributed by atoms with E-state index in [9.17, 15) is 0 Å². The van der Waals surface area contributed by atoms with Gasteiger partial charge in [0.15, 0.2) is 0 Å². The van der Waals surface area contributed by atoms with Crippen LogP contribution in [0.1, 0.15) is 31.4 Å². The van der Waals surface area contributed by atoms with Crippen molar-refractivity contribution in [2.24, 2.45) is 5.92 Å². The van der Waals surface area contributed by atoms with Gasteiger partial charge in [-0.05, 0) is 44.3 Å². The zero-order valence-corrected chi connectivity index (χ0v) is 12.4. The topological polar surface area (TPSA) is 24.5 Å². The minimum Gasteiger partial charge on any atom is -0.375 e. The zero-order valence-electron chi connectivity index (χ0n) is 12.4. The summed E-state index contributed by atoms with van der Waals surface area (Å²) < 4.78 is 5.91. The average Bonchev–Trinajstić information content (AvgIpc) is 2.49. The highest BCUT2D eigenvalue weighted by molar-refractivity contribution is 5.19. The first kappa shape index (κ1) is 14.1. The molecule has 2 atom stereocenters. The molecule has 2 heterocycles. The largest absolute Gasteiger partial charge is 0.375 e. The van der Waals surface area contributed by atoms with Crippen LogP contribution in [-0.4, -0.2) is 43.8 Å². The number of nitrogens with one attached hydrogen (secondary N) is 1. The molecule has 1 aromatic rings. The summed E-state index contributed by atoms with van der Waals surface area (Å²) in [6.45, 7) is 7.66. The Morgan fingerprint density at radius 3 is 2.70 bits per heavy atom. The maximum atomic E-state index is 5.91. The number of hydrogen-bond acceptors (Lipinski definition) is 3. The zero-order chi connectivity index (χ0) is 13.8. The third-order valence-corrected chi connectivity index (χ3v) is 4.61. The van der Waals surface area contributed by atoms with Crippen LogP contribution in [-0.2, 0) is 4.74 Å². The Morgan fingerprint density at radius 2 is 1.95 bits per heavy atom. The van der Waals surface area contributed by atoms with Crippen LogP contribution in [0.3, 0.4) is 0 Å². The molecule has 3 nitrogen and oxygen atoms in total. The molecule has 1 aromatic carbocycles. The van der Waals surface area contributed by atoms with E-state index in [0.29, 0.717) is 12.1 Å². The molecule has 2 aliphatic heterocycles. The van der Waals surface area contributed by atoms with Gasteiger partial charge in [-0.15, -0.1) is 0 Å². The Kier molecular flexibility index (Phi) is 4.71. The Morgan fingerprint density at radius 1 is 1.20 bits per heavy atom. The van der Waals surface area contributed by atoms with Crippen LogP contribution in [0.5, 0.6) is 0 Å². The molecule has 3 rings (SSSR count). The van der Waals surface area contributed by atoms with Gasteiger partial charge in [-0.1, -0.05) is 30.3 Å². The van der Waals surface area contributed by atoms with E-state index in [2.05, 4.69) is 47.5 Å². The van der Waals surface area contributed by atoms with Crippen molar-refractivity contribution in [3.8, 4) is 0 Å². The number of benzene rings is 1. The van der Waals surface area contributed by atoms with Gasteiger partial charge < -0.3 is 10.1 Å². The van der Waals surface area contributed by atoms with Crippen molar-refractivity contribution >= 4 is 0 Å². The number of piperidine rings is 1. The van der Waals surface area contributed by atoms with Crippen molar-refractivity contribution in [2.45, 2.75) is 31.9 Å². The van der Waals surface area contributed by atoms with Crippen molar-refractivity contribution in [1.82, 2.24) is 10.2 Å². The van der Waals surface area contributed by atoms with Gasteiger partial charge in [0.05, 0.1) is 18.8 Å². The predicted octanol–water partition coefficient (Wildman–Crippen LogP) is 2.45. The SMILES string of the molecule is CC1CN(CC2CCNCC2)C(c2ccccc2)CO1. The molecule has 0 aliphatic carbocycles. The normalized spacial score (nSPS) is 29.4. The Hall–Kier alpha value is -0.900.